The molecule has 2 aliphatic heterocycles. The first kappa shape index (κ1) is 19.1. The summed E-state index contributed by atoms with van der Waals surface area (Å²) in [5.41, 5.74) is 0.389. The Balaban J connectivity index is 0.00000196. The molecule has 0 aromatic carbocycles. The number of hydrogen-bond acceptors (Lipinski definition) is 5. The summed E-state index contributed by atoms with van der Waals surface area (Å²) in [7, 11) is 0. The van der Waals surface area contributed by atoms with Crippen LogP contribution >= 0.6 is 12.4 Å². The van der Waals surface area contributed by atoms with Crippen LogP contribution in [0, 0.1) is 5.92 Å². The van der Waals surface area contributed by atoms with Gasteiger partial charge in [-0.15, -0.1) is 17.5 Å². The first-order chi connectivity index (χ1) is 12.2. The number of hydrogen-bond donors (Lipinski definition) is 2. The highest BCUT2D eigenvalue weighted by Gasteiger charge is 2.30. The number of likely N-dealkylation sites (tertiary alicyclic amines) is 1. The summed E-state index contributed by atoms with van der Waals surface area (Å²) in [5.74, 6) is 0.359. The van der Waals surface area contributed by atoms with Crippen molar-refractivity contribution in [3.8, 4) is 0 Å². The van der Waals surface area contributed by atoms with E-state index in [0.717, 1.165) is 64.7 Å². The molecule has 144 valence electrons. The molecule has 1 saturated carbocycles. The Hall–Kier alpha value is -1.67. The monoisotopic (exact) mass is 382 g/mol. The Morgan fingerprint density at radius 2 is 1.77 bits per heavy atom. The van der Waals surface area contributed by atoms with E-state index in [1.165, 1.54) is 0 Å². The summed E-state index contributed by atoms with van der Waals surface area (Å²) in [6.07, 6.45) is 7.48. The zero-order chi connectivity index (χ0) is 17.2. The van der Waals surface area contributed by atoms with Crippen molar-refractivity contribution in [1.82, 2.24) is 30.5 Å². The Morgan fingerprint density at radius 1 is 1.08 bits per heavy atom. The lowest BCUT2D eigenvalue weighted by Gasteiger charge is -2.35. The molecule has 2 amide bonds. The summed E-state index contributed by atoms with van der Waals surface area (Å²) in [5, 5.41) is 14.4. The zero-order valence-electron chi connectivity index (χ0n) is 14.9. The molecule has 1 aliphatic carbocycles. The molecule has 2 N–H and O–H groups in total. The quantitative estimate of drug-likeness (QED) is 0.801. The predicted octanol–water partition coefficient (Wildman–Crippen LogP) is 0.755. The number of aromatic nitrogens is 3. The van der Waals surface area contributed by atoms with E-state index < -0.39 is 0 Å². The lowest BCUT2D eigenvalue weighted by molar-refractivity contribution is -0.137. The summed E-state index contributed by atoms with van der Waals surface area (Å²) in [4.78, 5) is 26.6. The fourth-order valence-electron chi connectivity index (χ4n) is 3.72. The van der Waals surface area contributed by atoms with Crippen molar-refractivity contribution >= 4 is 24.2 Å². The van der Waals surface area contributed by atoms with Gasteiger partial charge in [-0.1, -0.05) is 5.21 Å². The fourth-order valence-corrected chi connectivity index (χ4v) is 3.72. The number of nitrogens with one attached hydrogen (secondary N) is 2. The third kappa shape index (κ3) is 4.35. The minimum atomic E-state index is -0.132. The molecule has 0 radical (unpaired) electrons. The maximum absolute atomic E-state index is 12.6. The van der Waals surface area contributed by atoms with Gasteiger partial charge in [0.2, 0.25) is 5.91 Å². The molecule has 0 unspecified atom stereocenters. The molecule has 3 heterocycles. The van der Waals surface area contributed by atoms with Gasteiger partial charge in [0.05, 0.1) is 12.2 Å². The van der Waals surface area contributed by atoms with Crippen molar-refractivity contribution in [3.63, 3.8) is 0 Å². The first-order valence-electron chi connectivity index (χ1n) is 9.43. The van der Waals surface area contributed by atoms with Gasteiger partial charge in [0.25, 0.3) is 5.91 Å². The smallest absolute Gasteiger partial charge is 0.273 e. The third-order valence-electron chi connectivity index (χ3n) is 5.49. The van der Waals surface area contributed by atoms with Crippen LogP contribution in [0.3, 0.4) is 0 Å². The average Bonchev–Trinajstić information content (AvgIpc) is 3.33. The molecule has 4 rings (SSSR count). The van der Waals surface area contributed by atoms with Crippen LogP contribution in [-0.2, 0) is 4.79 Å². The van der Waals surface area contributed by atoms with Crippen LogP contribution in [0.25, 0.3) is 0 Å². The molecule has 8 nitrogen and oxygen atoms in total. The van der Waals surface area contributed by atoms with Crippen LogP contribution in [0.4, 0.5) is 0 Å². The normalized spacial score (nSPS) is 21.9. The third-order valence-corrected chi connectivity index (χ3v) is 5.49. The van der Waals surface area contributed by atoms with E-state index in [1.807, 2.05) is 4.90 Å². The Morgan fingerprint density at radius 3 is 2.42 bits per heavy atom. The molecule has 9 heteroatoms. The lowest BCUT2D eigenvalue weighted by Crippen LogP contribution is -2.44. The SMILES string of the molecule is Cl.O=C(NC1CC1)c1cn(C2CCN(C(=O)C3CCNCC3)CC2)nn1. The van der Waals surface area contributed by atoms with Gasteiger partial charge in [-0.3, -0.25) is 9.59 Å². The van der Waals surface area contributed by atoms with Crippen molar-refractivity contribution in [3.05, 3.63) is 11.9 Å². The van der Waals surface area contributed by atoms with E-state index in [-0.39, 0.29) is 30.3 Å². The van der Waals surface area contributed by atoms with Crippen molar-refractivity contribution in [1.29, 1.82) is 0 Å². The minimum Gasteiger partial charge on any atom is -0.348 e. The number of piperidine rings is 2. The molecular weight excluding hydrogens is 356 g/mol. The molecule has 2 saturated heterocycles. The summed E-state index contributed by atoms with van der Waals surface area (Å²) < 4.78 is 1.80. The largest absolute Gasteiger partial charge is 0.348 e. The van der Waals surface area contributed by atoms with Crippen molar-refractivity contribution in [2.45, 2.75) is 50.6 Å². The van der Waals surface area contributed by atoms with Gasteiger partial charge in [-0.2, -0.15) is 0 Å². The van der Waals surface area contributed by atoms with Crippen LogP contribution in [0.2, 0.25) is 0 Å². The highest BCUT2D eigenvalue weighted by molar-refractivity contribution is 5.92. The average molecular weight is 383 g/mol. The van der Waals surface area contributed by atoms with Gasteiger partial charge in [0.15, 0.2) is 5.69 Å². The van der Waals surface area contributed by atoms with Crippen molar-refractivity contribution < 1.29 is 9.59 Å². The summed E-state index contributed by atoms with van der Waals surface area (Å²) in [6, 6.07) is 0.536. The molecule has 3 fully saturated rings. The van der Waals surface area contributed by atoms with Gasteiger partial charge in [-0.05, 0) is 51.6 Å². The predicted molar refractivity (Wildman–Crippen MR) is 98.2 cm³/mol. The second-order valence-electron chi connectivity index (χ2n) is 7.41. The molecule has 0 atom stereocenters. The Kier molecular flexibility index (Phi) is 6.13. The maximum atomic E-state index is 12.6. The lowest BCUT2D eigenvalue weighted by atomic mass is 9.95. The number of carbonyl (C=O) groups excluding carboxylic acids is 2. The number of rotatable bonds is 4. The van der Waals surface area contributed by atoms with Gasteiger partial charge < -0.3 is 15.5 Å². The van der Waals surface area contributed by atoms with E-state index in [0.29, 0.717) is 17.6 Å². The van der Waals surface area contributed by atoms with Gasteiger partial charge >= 0.3 is 0 Å². The standard InChI is InChI=1S/C17H26N6O2.ClH/c24-16(19-13-1-2-13)15-11-23(21-20-15)14-5-9-22(10-6-14)17(25)12-3-7-18-8-4-12;/h11-14,18H,1-10H2,(H,19,24);1H. The van der Waals surface area contributed by atoms with Gasteiger partial charge in [-0.25, -0.2) is 4.68 Å². The molecule has 26 heavy (non-hydrogen) atoms. The van der Waals surface area contributed by atoms with E-state index in [4.69, 9.17) is 0 Å². The number of amides is 2. The molecule has 3 aliphatic rings. The summed E-state index contributed by atoms with van der Waals surface area (Å²) in [6.45, 7) is 3.41. The molecule has 1 aromatic heterocycles. The fraction of sp³-hybridized carbons (Fsp3) is 0.765. The van der Waals surface area contributed by atoms with Crippen molar-refractivity contribution in [2.24, 2.45) is 5.92 Å². The maximum Gasteiger partial charge on any atom is 0.273 e. The molecule has 1 aromatic rings. The van der Waals surface area contributed by atoms with Crippen LogP contribution in [0.5, 0.6) is 0 Å². The molecule has 0 bridgehead atoms. The van der Waals surface area contributed by atoms with Crippen LogP contribution in [0.1, 0.15) is 55.1 Å². The van der Waals surface area contributed by atoms with E-state index >= 15 is 0 Å². The first-order valence-corrected chi connectivity index (χ1v) is 9.43. The van der Waals surface area contributed by atoms with Gasteiger partial charge in [0.1, 0.15) is 0 Å². The molecular formula is C17H27ClN6O2. The highest BCUT2D eigenvalue weighted by atomic mass is 35.5. The van der Waals surface area contributed by atoms with Crippen LogP contribution in [0.15, 0.2) is 6.20 Å². The number of nitrogens with zero attached hydrogens (tertiary/aromatic N) is 4. The highest BCUT2D eigenvalue weighted by Crippen LogP contribution is 2.25. The van der Waals surface area contributed by atoms with Crippen molar-refractivity contribution in [2.75, 3.05) is 26.2 Å². The minimum absolute atomic E-state index is 0. The second kappa shape index (κ2) is 8.35. The van der Waals surface area contributed by atoms with E-state index in [2.05, 4.69) is 20.9 Å². The topological polar surface area (TPSA) is 92.2 Å². The van der Waals surface area contributed by atoms with E-state index in [1.54, 1.807) is 10.9 Å². The number of carbonyl (C=O) groups is 2. The summed E-state index contributed by atoms with van der Waals surface area (Å²) >= 11 is 0. The van der Waals surface area contributed by atoms with Gasteiger partial charge in [0, 0.05) is 25.0 Å². The Bertz CT molecular complexity index is 633. The second-order valence-corrected chi connectivity index (χ2v) is 7.41. The zero-order valence-corrected chi connectivity index (χ0v) is 15.7. The van der Waals surface area contributed by atoms with E-state index in [9.17, 15) is 9.59 Å². The molecule has 0 spiro atoms. The Labute approximate surface area is 159 Å². The van der Waals surface area contributed by atoms with Crippen LogP contribution in [-0.4, -0.2) is 63.9 Å². The number of halogens is 1. The van der Waals surface area contributed by atoms with Crippen LogP contribution < -0.4 is 10.6 Å².